The molecule has 2 aliphatic rings. The van der Waals surface area contributed by atoms with Crippen molar-refractivity contribution in [2.45, 2.75) is 58.5 Å². The zero-order valence-electron chi connectivity index (χ0n) is 19.0. The number of hydrogen-bond donors (Lipinski definition) is 1. The van der Waals surface area contributed by atoms with Gasteiger partial charge in [0.05, 0.1) is 0 Å². The zero-order chi connectivity index (χ0) is 21.5. The van der Waals surface area contributed by atoms with E-state index in [9.17, 15) is 4.79 Å². The lowest BCUT2D eigenvalue weighted by Crippen LogP contribution is -2.44. The van der Waals surface area contributed by atoms with Crippen LogP contribution in [0.1, 0.15) is 51.1 Å². The number of amides is 2. The van der Waals surface area contributed by atoms with E-state index in [0.29, 0.717) is 12.1 Å². The van der Waals surface area contributed by atoms with E-state index < -0.39 is 0 Å². The monoisotopic (exact) mass is 418 g/mol. The Morgan fingerprint density at radius 1 is 1.03 bits per heavy atom. The van der Waals surface area contributed by atoms with Gasteiger partial charge in [-0.25, -0.2) is 4.79 Å². The van der Waals surface area contributed by atoms with E-state index >= 15 is 0 Å². The fourth-order valence-electron chi connectivity index (χ4n) is 5.70. The first-order valence-electron chi connectivity index (χ1n) is 11.9. The summed E-state index contributed by atoms with van der Waals surface area (Å²) < 4.78 is 2.40. The first-order chi connectivity index (χ1) is 15.0. The van der Waals surface area contributed by atoms with Gasteiger partial charge in [-0.15, -0.1) is 0 Å². The average molecular weight is 419 g/mol. The SMILES string of the molecule is Cc1c(NC(=O)N2CCC[C@H]2CN2CCCC2)ccc2c1c1ccccc1n2C(C)C. The molecule has 0 radical (unpaired) electrons. The molecule has 5 heteroatoms. The fraction of sp³-hybridized carbons (Fsp3) is 0.500. The Hall–Kier alpha value is -2.53. The van der Waals surface area contributed by atoms with E-state index in [-0.39, 0.29) is 6.03 Å². The summed E-state index contributed by atoms with van der Waals surface area (Å²) in [5.74, 6) is 0. The van der Waals surface area contributed by atoms with E-state index in [1.807, 2.05) is 0 Å². The number of aryl methyl sites for hydroxylation is 1. The summed E-state index contributed by atoms with van der Waals surface area (Å²) in [7, 11) is 0. The van der Waals surface area contributed by atoms with Gasteiger partial charge in [-0.2, -0.15) is 0 Å². The van der Waals surface area contributed by atoms with E-state index in [4.69, 9.17) is 0 Å². The molecule has 1 atom stereocenters. The molecule has 3 heterocycles. The topological polar surface area (TPSA) is 40.5 Å². The van der Waals surface area contributed by atoms with Crippen molar-refractivity contribution < 1.29 is 4.79 Å². The summed E-state index contributed by atoms with van der Waals surface area (Å²) in [6, 6.07) is 13.6. The van der Waals surface area contributed by atoms with Crippen molar-refractivity contribution >= 4 is 33.5 Å². The maximum absolute atomic E-state index is 13.3. The van der Waals surface area contributed by atoms with Gasteiger partial charge in [0.1, 0.15) is 0 Å². The van der Waals surface area contributed by atoms with Crippen molar-refractivity contribution in [1.29, 1.82) is 0 Å². The minimum Gasteiger partial charge on any atom is -0.338 e. The maximum Gasteiger partial charge on any atom is 0.322 e. The van der Waals surface area contributed by atoms with E-state index in [1.165, 1.54) is 47.7 Å². The molecule has 0 aliphatic carbocycles. The molecule has 2 amide bonds. The van der Waals surface area contributed by atoms with Crippen LogP contribution in [-0.4, -0.2) is 52.6 Å². The van der Waals surface area contributed by atoms with E-state index in [0.717, 1.165) is 37.2 Å². The number of nitrogens with zero attached hydrogens (tertiary/aromatic N) is 3. The molecule has 1 N–H and O–H groups in total. The number of fused-ring (bicyclic) bond motifs is 3. The number of nitrogens with one attached hydrogen (secondary N) is 1. The standard InChI is InChI=1S/C26H34N4O/c1-18(2)30-23-11-5-4-10-21(23)25-19(3)22(12-13-24(25)30)27-26(31)29-16-8-9-20(29)17-28-14-6-7-15-28/h4-5,10-13,18,20H,6-9,14-17H2,1-3H3,(H,27,31)/t20-/m0/s1. The first-order valence-corrected chi connectivity index (χ1v) is 11.9. The van der Waals surface area contributed by atoms with Gasteiger partial charge in [0.2, 0.25) is 0 Å². The second-order valence-electron chi connectivity index (χ2n) is 9.54. The summed E-state index contributed by atoms with van der Waals surface area (Å²) in [4.78, 5) is 17.8. The number of hydrogen-bond acceptors (Lipinski definition) is 2. The number of para-hydroxylation sites is 1. The fourth-order valence-corrected chi connectivity index (χ4v) is 5.70. The Balaban J connectivity index is 1.45. The Labute approximate surface area is 185 Å². The number of carbonyl (C=O) groups is 1. The van der Waals surface area contributed by atoms with E-state index in [1.54, 1.807) is 0 Å². The summed E-state index contributed by atoms with van der Waals surface area (Å²) in [5.41, 5.74) is 4.57. The van der Waals surface area contributed by atoms with Gasteiger partial charge in [0.25, 0.3) is 0 Å². The third-order valence-corrected chi connectivity index (χ3v) is 7.20. The minimum absolute atomic E-state index is 0.0525. The lowest BCUT2D eigenvalue weighted by molar-refractivity contribution is 0.186. The van der Waals surface area contributed by atoms with Crippen LogP contribution in [0.5, 0.6) is 0 Å². The van der Waals surface area contributed by atoms with E-state index in [2.05, 4.69) is 76.9 Å². The maximum atomic E-state index is 13.3. The van der Waals surface area contributed by atoms with Crippen LogP contribution >= 0.6 is 0 Å². The van der Waals surface area contributed by atoms with Gasteiger partial charge < -0.3 is 19.7 Å². The van der Waals surface area contributed by atoms with Crippen LogP contribution in [0.25, 0.3) is 21.8 Å². The molecule has 0 spiro atoms. The molecule has 5 nitrogen and oxygen atoms in total. The summed E-state index contributed by atoms with van der Waals surface area (Å²) in [6.07, 6.45) is 4.81. The van der Waals surface area contributed by atoms with Gasteiger partial charge in [-0.05, 0) is 83.3 Å². The molecule has 2 aromatic carbocycles. The predicted octanol–water partition coefficient (Wildman–Crippen LogP) is 5.78. The highest BCUT2D eigenvalue weighted by Gasteiger charge is 2.31. The first kappa shape index (κ1) is 20.4. The normalized spacial score (nSPS) is 19.9. The van der Waals surface area contributed by atoms with Gasteiger partial charge >= 0.3 is 6.03 Å². The molecule has 0 unspecified atom stereocenters. The van der Waals surface area contributed by atoms with Crippen LogP contribution < -0.4 is 5.32 Å². The number of rotatable bonds is 4. The molecule has 2 saturated heterocycles. The quantitative estimate of drug-likeness (QED) is 0.584. The van der Waals surface area contributed by atoms with Gasteiger partial charge in [-0.1, -0.05) is 18.2 Å². The summed E-state index contributed by atoms with van der Waals surface area (Å²) in [6.45, 7) is 10.8. The molecule has 2 aliphatic heterocycles. The number of carbonyl (C=O) groups excluding carboxylic acids is 1. The molecular formula is C26H34N4O. The number of likely N-dealkylation sites (tertiary alicyclic amines) is 2. The molecule has 31 heavy (non-hydrogen) atoms. The second-order valence-corrected chi connectivity index (χ2v) is 9.54. The number of anilines is 1. The highest BCUT2D eigenvalue weighted by molar-refractivity contribution is 6.12. The van der Waals surface area contributed by atoms with Crippen LogP contribution in [0.2, 0.25) is 0 Å². The molecular weight excluding hydrogens is 384 g/mol. The number of benzene rings is 2. The lowest BCUT2D eigenvalue weighted by atomic mass is 10.1. The second kappa shape index (κ2) is 8.19. The lowest BCUT2D eigenvalue weighted by Gasteiger charge is -2.29. The van der Waals surface area contributed by atoms with Gasteiger partial charge in [0, 0.05) is 52.7 Å². The molecule has 3 aromatic rings. The summed E-state index contributed by atoms with van der Waals surface area (Å²) in [5, 5.41) is 5.77. The number of urea groups is 1. The minimum atomic E-state index is 0.0525. The Bertz CT molecular complexity index is 1110. The number of aromatic nitrogens is 1. The van der Waals surface area contributed by atoms with Gasteiger partial charge in [-0.3, -0.25) is 0 Å². The Morgan fingerprint density at radius 3 is 2.58 bits per heavy atom. The van der Waals surface area contributed by atoms with Crippen LogP contribution in [0.15, 0.2) is 36.4 Å². The zero-order valence-corrected chi connectivity index (χ0v) is 19.0. The largest absolute Gasteiger partial charge is 0.338 e. The third kappa shape index (κ3) is 3.59. The average Bonchev–Trinajstić information content (AvgIpc) is 3.49. The van der Waals surface area contributed by atoms with Crippen molar-refractivity contribution in [3.8, 4) is 0 Å². The van der Waals surface area contributed by atoms with Crippen LogP contribution in [0.3, 0.4) is 0 Å². The molecule has 0 saturated carbocycles. The van der Waals surface area contributed by atoms with Crippen molar-refractivity contribution in [3.05, 3.63) is 42.0 Å². The highest BCUT2D eigenvalue weighted by Crippen LogP contribution is 2.36. The third-order valence-electron chi connectivity index (χ3n) is 7.20. The van der Waals surface area contributed by atoms with Crippen molar-refractivity contribution in [3.63, 3.8) is 0 Å². The smallest absolute Gasteiger partial charge is 0.322 e. The molecule has 2 fully saturated rings. The molecule has 0 bridgehead atoms. The molecule has 164 valence electrons. The van der Waals surface area contributed by atoms with Crippen molar-refractivity contribution in [1.82, 2.24) is 14.4 Å². The van der Waals surface area contributed by atoms with Crippen molar-refractivity contribution in [2.75, 3.05) is 31.5 Å². The molecule has 1 aromatic heterocycles. The van der Waals surface area contributed by atoms with Gasteiger partial charge in [0.15, 0.2) is 0 Å². The van der Waals surface area contributed by atoms with Crippen LogP contribution in [0.4, 0.5) is 10.5 Å². The van der Waals surface area contributed by atoms with Crippen LogP contribution in [0, 0.1) is 6.92 Å². The Morgan fingerprint density at radius 2 is 1.81 bits per heavy atom. The highest BCUT2D eigenvalue weighted by atomic mass is 16.2. The van der Waals surface area contributed by atoms with Crippen LogP contribution in [-0.2, 0) is 0 Å². The predicted molar refractivity (Wildman–Crippen MR) is 129 cm³/mol. The van der Waals surface area contributed by atoms with Crippen molar-refractivity contribution in [2.24, 2.45) is 0 Å². The molecule has 5 rings (SSSR count). The summed E-state index contributed by atoms with van der Waals surface area (Å²) >= 11 is 0. The Kier molecular flexibility index (Phi) is 5.39.